The third-order valence-corrected chi connectivity index (χ3v) is 4.70. The topological polar surface area (TPSA) is 38.9 Å². The maximum atomic E-state index is 13.1. The zero-order valence-electron chi connectivity index (χ0n) is 11.0. The minimum Gasteiger partial charge on any atom is -0.326 e. The van der Waals surface area contributed by atoms with Crippen molar-refractivity contribution in [1.29, 1.82) is 0 Å². The molecule has 1 heterocycles. The van der Waals surface area contributed by atoms with E-state index < -0.39 is 0 Å². The minimum absolute atomic E-state index is 0.265. The summed E-state index contributed by atoms with van der Waals surface area (Å²) in [6.07, 6.45) is 0. The SMILES string of the molecule is NCc1ccc(-c2nc(-c3ccc(F)cc3Br)cs2)cc1. The van der Waals surface area contributed by atoms with Gasteiger partial charge in [-0.25, -0.2) is 9.37 Å². The fourth-order valence-corrected chi connectivity index (χ4v) is 3.39. The van der Waals surface area contributed by atoms with Crippen LogP contribution in [0.5, 0.6) is 0 Å². The van der Waals surface area contributed by atoms with Gasteiger partial charge in [0.2, 0.25) is 0 Å². The number of nitrogens with two attached hydrogens (primary N) is 1. The number of benzene rings is 2. The fraction of sp³-hybridized carbons (Fsp3) is 0.0625. The minimum atomic E-state index is -0.265. The Balaban J connectivity index is 1.95. The van der Waals surface area contributed by atoms with E-state index in [4.69, 9.17) is 5.73 Å². The number of halogens is 2. The molecule has 106 valence electrons. The molecule has 2 nitrogen and oxygen atoms in total. The van der Waals surface area contributed by atoms with Crippen molar-refractivity contribution in [2.75, 3.05) is 0 Å². The molecule has 0 fully saturated rings. The number of nitrogens with zero attached hydrogens (tertiary/aromatic N) is 1. The molecule has 0 unspecified atom stereocenters. The highest BCUT2D eigenvalue weighted by atomic mass is 79.9. The van der Waals surface area contributed by atoms with Crippen molar-refractivity contribution in [2.24, 2.45) is 5.73 Å². The Hall–Kier alpha value is -1.56. The average Bonchev–Trinajstić information content (AvgIpc) is 2.97. The Morgan fingerprint density at radius 3 is 2.57 bits per heavy atom. The van der Waals surface area contributed by atoms with Crippen molar-refractivity contribution in [3.05, 3.63) is 63.7 Å². The van der Waals surface area contributed by atoms with Crippen molar-refractivity contribution >= 4 is 27.3 Å². The Morgan fingerprint density at radius 2 is 1.90 bits per heavy atom. The van der Waals surface area contributed by atoms with Gasteiger partial charge in [-0.2, -0.15) is 0 Å². The summed E-state index contributed by atoms with van der Waals surface area (Å²) in [6.45, 7) is 0.534. The van der Waals surface area contributed by atoms with Crippen LogP contribution in [0.2, 0.25) is 0 Å². The molecule has 2 N–H and O–H groups in total. The molecule has 5 heteroatoms. The monoisotopic (exact) mass is 362 g/mol. The van der Waals surface area contributed by atoms with Gasteiger partial charge in [0, 0.05) is 27.5 Å². The summed E-state index contributed by atoms with van der Waals surface area (Å²) in [4.78, 5) is 4.63. The lowest BCUT2D eigenvalue weighted by atomic mass is 10.1. The van der Waals surface area contributed by atoms with E-state index in [-0.39, 0.29) is 5.82 Å². The molecule has 0 aliphatic heterocycles. The standard InChI is InChI=1S/C16H12BrFN2S/c17-14-7-12(18)5-6-13(14)15-9-21-16(20-15)11-3-1-10(8-19)2-4-11/h1-7,9H,8,19H2. The molecule has 0 atom stereocenters. The Morgan fingerprint density at radius 1 is 1.14 bits per heavy atom. The van der Waals surface area contributed by atoms with Gasteiger partial charge in [0.25, 0.3) is 0 Å². The van der Waals surface area contributed by atoms with Gasteiger partial charge in [0.15, 0.2) is 0 Å². The molecule has 2 aromatic carbocycles. The van der Waals surface area contributed by atoms with Crippen LogP contribution in [-0.2, 0) is 6.54 Å². The molecule has 0 aliphatic rings. The Kier molecular flexibility index (Phi) is 4.14. The molecule has 1 aromatic heterocycles. The maximum Gasteiger partial charge on any atom is 0.124 e. The first kappa shape index (κ1) is 14.4. The number of rotatable bonds is 3. The Labute approximate surface area is 134 Å². The van der Waals surface area contributed by atoms with Crippen LogP contribution in [0.1, 0.15) is 5.56 Å². The van der Waals surface area contributed by atoms with E-state index in [2.05, 4.69) is 20.9 Å². The molecule has 0 amide bonds. The molecule has 0 spiro atoms. The van der Waals surface area contributed by atoms with E-state index in [1.807, 2.05) is 29.6 Å². The predicted octanol–water partition coefficient (Wildman–Crippen LogP) is 4.84. The largest absolute Gasteiger partial charge is 0.326 e. The van der Waals surface area contributed by atoms with Crippen LogP contribution in [0.25, 0.3) is 21.8 Å². The molecule has 0 bridgehead atoms. The molecule has 3 aromatic rings. The summed E-state index contributed by atoms with van der Waals surface area (Å²) in [7, 11) is 0. The number of hydrogen-bond acceptors (Lipinski definition) is 3. The predicted molar refractivity (Wildman–Crippen MR) is 88.5 cm³/mol. The van der Waals surface area contributed by atoms with Crippen LogP contribution in [-0.4, -0.2) is 4.98 Å². The third kappa shape index (κ3) is 3.05. The zero-order valence-corrected chi connectivity index (χ0v) is 13.4. The zero-order chi connectivity index (χ0) is 14.8. The summed E-state index contributed by atoms with van der Waals surface area (Å²) in [5.41, 5.74) is 9.47. The second-order valence-corrected chi connectivity index (χ2v) is 6.28. The second-order valence-electron chi connectivity index (χ2n) is 4.56. The van der Waals surface area contributed by atoms with E-state index in [9.17, 15) is 4.39 Å². The van der Waals surface area contributed by atoms with Crippen LogP contribution < -0.4 is 5.73 Å². The van der Waals surface area contributed by atoms with Gasteiger partial charge in [-0.15, -0.1) is 11.3 Å². The van der Waals surface area contributed by atoms with Crippen LogP contribution in [0.15, 0.2) is 52.3 Å². The number of aromatic nitrogens is 1. The van der Waals surface area contributed by atoms with Gasteiger partial charge >= 0.3 is 0 Å². The van der Waals surface area contributed by atoms with Crippen LogP contribution in [0.4, 0.5) is 4.39 Å². The molecule has 3 rings (SSSR count). The molecular weight excluding hydrogens is 351 g/mol. The lowest BCUT2D eigenvalue weighted by molar-refractivity contribution is 0.627. The highest BCUT2D eigenvalue weighted by Crippen LogP contribution is 2.33. The van der Waals surface area contributed by atoms with Gasteiger partial charge in [-0.05, 0) is 39.7 Å². The normalized spacial score (nSPS) is 10.8. The summed E-state index contributed by atoms with van der Waals surface area (Å²) in [5.74, 6) is -0.265. The maximum absolute atomic E-state index is 13.1. The highest BCUT2D eigenvalue weighted by Gasteiger charge is 2.10. The first-order valence-electron chi connectivity index (χ1n) is 6.37. The van der Waals surface area contributed by atoms with Gasteiger partial charge in [0.1, 0.15) is 10.8 Å². The van der Waals surface area contributed by atoms with Crippen LogP contribution in [0.3, 0.4) is 0 Å². The lowest BCUT2D eigenvalue weighted by Gasteiger charge is -2.01. The molecule has 0 radical (unpaired) electrons. The van der Waals surface area contributed by atoms with E-state index in [0.717, 1.165) is 27.4 Å². The summed E-state index contributed by atoms with van der Waals surface area (Å²) < 4.78 is 13.9. The van der Waals surface area contributed by atoms with Crippen molar-refractivity contribution in [3.8, 4) is 21.8 Å². The van der Waals surface area contributed by atoms with Crippen molar-refractivity contribution in [1.82, 2.24) is 4.98 Å². The summed E-state index contributed by atoms with van der Waals surface area (Å²) >= 11 is 4.95. The quantitative estimate of drug-likeness (QED) is 0.723. The van der Waals surface area contributed by atoms with Crippen molar-refractivity contribution < 1.29 is 4.39 Å². The van der Waals surface area contributed by atoms with Gasteiger partial charge in [-0.3, -0.25) is 0 Å². The summed E-state index contributed by atoms with van der Waals surface area (Å²) in [5, 5.41) is 2.91. The van der Waals surface area contributed by atoms with Gasteiger partial charge < -0.3 is 5.73 Å². The number of hydrogen-bond donors (Lipinski definition) is 1. The Bertz CT molecular complexity index is 768. The molecule has 0 aliphatic carbocycles. The van der Waals surface area contributed by atoms with Crippen molar-refractivity contribution in [2.45, 2.75) is 6.54 Å². The van der Waals surface area contributed by atoms with Crippen molar-refractivity contribution in [3.63, 3.8) is 0 Å². The van der Waals surface area contributed by atoms with Crippen LogP contribution in [0, 0.1) is 5.82 Å². The smallest absolute Gasteiger partial charge is 0.124 e. The van der Waals surface area contributed by atoms with E-state index in [1.54, 1.807) is 17.4 Å². The number of thiazole rings is 1. The summed E-state index contributed by atoms with van der Waals surface area (Å²) in [6, 6.07) is 12.7. The lowest BCUT2D eigenvalue weighted by Crippen LogP contribution is -1.95. The molecule has 0 saturated heterocycles. The molecule has 0 saturated carbocycles. The van der Waals surface area contributed by atoms with Gasteiger partial charge in [-0.1, -0.05) is 24.3 Å². The molecule has 21 heavy (non-hydrogen) atoms. The van der Waals surface area contributed by atoms with E-state index in [0.29, 0.717) is 11.0 Å². The first-order valence-corrected chi connectivity index (χ1v) is 8.05. The van der Waals surface area contributed by atoms with Gasteiger partial charge in [0.05, 0.1) is 5.69 Å². The fourth-order valence-electron chi connectivity index (χ4n) is 2.01. The average molecular weight is 363 g/mol. The van der Waals surface area contributed by atoms with E-state index in [1.165, 1.54) is 12.1 Å². The van der Waals surface area contributed by atoms with E-state index >= 15 is 0 Å². The van der Waals surface area contributed by atoms with Crippen LogP contribution >= 0.6 is 27.3 Å². The highest BCUT2D eigenvalue weighted by molar-refractivity contribution is 9.10. The molecular formula is C16H12BrFN2S. The third-order valence-electron chi connectivity index (χ3n) is 3.15. The first-order chi connectivity index (χ1) is 10.2. The second kappa shape index (κ2) is 6.05.